The molecule has 2 N–H and O–H groups in total. The first kappa shape index (κ1) is 37.9. The van der Waals surface area contributed by atoms with Crippen molar-refractivity contribution in [3.8, 4) is 46.0 Å². The van der Waals surface area contributed by atoms with Crippen LogP contribution >= 0.6 is 0 Å². The van der Waals surface area contributed by atoms with Gasteiger partial charge >= 0.3 is 11.9 Å². The predicted molar refractivity (Wildman–Crippen MR) is 199 cm³/mol. The number of carbonyl (C=O) groups excluding carboxylic acids is 2. The summed E-state index contributed by atoms with van der Waals surface area (Å²) in [5.41, 5.74) is 1.47. The molecule has 0 unspecified atom stereocenters. The van der Waals surface area contributed by atoms with E-state index in [1.165, 1.54) is 9.80 Å². The Morgan fingerprint density at radius 2 is 0.893 bits per heavy atom. The summed E-state index contributed by atoms with van der Waals surface area (Å²) in [6.45, 7) is 4.79. The minimum Gasteiger partial charge on any atom is -0.481 e. The molecule has 4 aromatic carbocycles. The van der Waals surface area contributed by atoms with Gasteiger partial charge in [0.1, 0.15) is 23.0 Å². The number of fused-ring (bicyclic) bond motifs is 2. The number of nitrogens with zero attached hydrogens (tertiary/aromatic N) is 2. The fourth-order valence-corrected chi connectivity index (χ4v) is 7.39. The summed E-state index contributed by atoms with van der Waals surface area (Å²) in [6.07, 6.45) is 1.10. The van der Waals surface area contributed by atoms with E-state index in [0.717, 1.165) is 11.1 Å². The van der Waals surface area contributed by atoms with Gasteiger partial charge in [0.25, 0.3) is 0 Å². The molecule has 14 heteroatoms. The van der Waals surface area contributed by atoms with Crippen LogP contribution in [-0.2, 0) is 32.3 Å². The Kier molecular flexibility index (Phi) is 11.2. The maximum atomic E-state index is 14.1. The number of carboxylic acid groups (broad SMARTS) is 2. The Labute approximate surface area is 323 Å². The highest BCUT2D eigenvalue weighted by molar-refractivity contribution is 5.99. The average molecular weight is 767 g/mol. The number of amides is 2. The van der Waals surface area contributed by atoms with Gasteiger partial charge in [-0.1, -0.05) is 38.1 Å². The van der Waals surface area contributed by atoms with Crippen molar-refractivity contribution in [2.24, 2.45) is 23.7 Å². The molecule has 0 spiro atoms. The lowest BCUT2D eigenvalue weighted by Gasteiger charge is -2.48. The van der Waals surface area contributed by atoms with E-state index in [-0.39, 0.29) is 39.8 Å². The highest BCUT2D eigenvalue weighted by Crippen LogP contribution is 2.49. The monoisotopic (exact) mass is 766 g/mol. The Morgan fingerprint density at radius 1 is 0.536 bits per heavy atom. The molecule has 1 fully saturated rings. The lowest BCUT2D eigenvalue weighted by atomic mass is 9.55. The van der Waals surface area contributed by atoms with Crippen molar-refractivity contribution in [3.63, 3.8) is 0 Å². The van der Waals surface area contributed by atoms with Gasteiger partial charge in [0.15, 0.2) is 23.0 Å². The van der Waals surface area contributed by atoms with Crippen molar-refractivity contribution >= 4 is 23.8 Å². The van der Waals surface area contributed by atoms with Gasteiger partial charge in [-0.2, -0.15) is 0 Å². The van der Waals surface area contributed by atoms with Crippen LogP contribution in [0.3, 0.4) is 0 Å². The Morgan fingerprint density at radius 3 is 1.25 bits per heavy atom. The van der Waals surface area contributed by atoms with Crippen LogP contribution in [0.1, 0.15) is 37.8 Å². The van der Waals surface area contributed by atoms with Crippen LogP contribution in [0.4, 0.5) is 0 Å². The molecule has 0 saturated heterocycles. The number of benzene rings is 4. The van der Waals surface area contributed by atoms with E-state index >= 15 is 0 Å². The standard InChI is InChI=1S/C42H42N2O12/c1-3-17-43(21-25-5-9-27(10-6-25)55-29-13-15-31-33(19-29)53-23-51-31)39(45)35-37(41(47)48)36(38(35)42(49)50)40(46)44(18-4-2)22-26-7-11-28(12-8-26)56-30-14-16-32-34(20-30)54-24-52-32/h5-16,19-20,35-38H,3-4,17-18,21-24H2,1-2H3,(H,47,48)(H,49,50)/t35-,36-,37-,38+. The summed E-state index contributed by atoms with van der Waals surface area (Å²) < 4.78 is 33.4. The summed E-state index contributed by atoms with van der Waals surface area (Å²) in [4.78, 5) is 56.7. The van der Waals surface area contributed by atoms with Gasteiger partial charge < -0.3 is 48.4 Å². The second kappa shape index (κ2) is 16.5. The fourth-order valence-electron chi connectivity index (χ4n) is 7.39. The summed E-state index contributed by atoms with van der Waals surface area (Å²) in [5, 5.41) is 20.8. The zero-order valence-corrected chi connectivity index (χ0v) is 30.9. The molecular formula is C42H42N2O12. The quantitative estimate of drug-likeness (QED) is 0.126. The van der Waals surface area contributed by atoms with E-state index in [1.54, 1.807) is 84.9 Å². The number of hydrogen-bond acceptors (Lipinski definition) is 10. The second-order valence-electron chi connectivity index (χ2n) is 13.8. The van der Waals surface area contributed by atoms with E-state index in [9.17, 15) is 29.4 Å². The Hall–Kier alpha value is -6.44. The molecule has 2 heterocycles. The number of rotatable bonds is 16. The molecule has 292 valence electrons. The van der Waals surface area contributed by atoms with Gasteiger partial charge in [-0.15, -0.1) is 0 Å². The third-order valence-electron chi connectivity index (χ3n) is 10.1. The number of carbonyl (C=O) groups is 4. The van der Waals surface area contributed by atoms with Gasteiger partial charge in [0, 0.05) is 38.3 Å². The van der Waals surface area contributed by atoms with Crippen molar-refractivity contribution in [2.45, 2.75) is 39.8 Å². The highest BCUT2D eigenvalue weighted by atomic mass is 16.7. The van der Waals surface area contributed by atoms with Gasteiger partial charge in [-0.05, 0) is 72.5 Å². The molecule has 0 aromatic heterocycles. The summed E-state index contributed by atoms with van der Waals surface area (Å²) in [7, 11) is 0. The smallest absolute Gasteiger partial charge is 0.308 e. The number of hydrogen-bond donors (Lipinski definition) is 2. The molecule has 4 aromatic rings. The van der Waals surface area contributed by atoms with Crippen LogP contribution < -0.4 is 28.4 Å². The van der Waals surface area contributed by atoms with Crippen molar-refractivity contribution in [1.82, 2.24) is 9.80 Å². The minimum absolute atomic E-state index is 0.112. The van der Waals surface area contributed by atoms with Crippen molar-refractivity contribution in [3.05, 3.63) is 96.1 Å². The summed E-state index contributed by atoms with van der Waals surface area (Å²) in [5.74, 6) is -5.23. The maximum Gasteiger partial charge on any atom is 0.308 e. The Bertz CT molecular complexity index is 1930. The number of aliphatic carboxylic acids is 2. The van der Waals surface area contributed by atoms with Crippen LogP contribution in [0.15, 0.2) is 84.9 Å². The zero-order valence-electron chi connectivity index (χ0n) is 30.9. The molecule has 56 heavy (non-hydrogen) atoms. The molecule has 0 bridgehead atoms. The van der Waals surface area contributed by atoms with Crippen LogP contribution in [0.2, 0.25) is 0 Å². The lowest BCUT2D eigenvalue weighted by molar-refractivity contribution is -0.187. The molecule has 1 aliphatic carbocycles. The average Bonchev–Trinajstić information content (AvgIpc) is 3.84. The van der Waals surface area contributed by atoms with E-state index in [0.29, 0.717) is 58.8 Å². The first-order chi connectivity index (χ1) is 27.1. The van der Waals surface area contributed by atoms with Crippen molar-refractivity contribution in [2.75, 3.05) is 26.7 Å². The topological polar surface area (TPSA) is 171 Å². The largest absolute Gasteiger partial charge is 0.481 e. The fraction of sp³-hybridized carbons (Fsp3) is 0.333. The molecule has 0 atom stereocenters. The number of carboxylic acids is 2. The molecule has 1 saturated carbocycles. The van der Waals surface area contributed by atoms with Crippen LogP contribution in [0, 0.1) is 23.7 Å². The first-order valence-electron chi connectivity index (χ1n) is 18.5. The molecule has 7 rings (SSSR count). The van der Waals surface area contributed by atoms with Gasteiger partial charge in [-0.25, -0.2) is 0 Å². The highest BCUT2D eigenvalue weighted by Gasteiger charge is 2.64. The predicted octanol–water partition coefficient (Wildman–Crippen LogP) is 6.55. The van der Waals surface area contributed by atoms with Crippen LogP contribution in [0.5, 0.6) is 46.0 Å². The molecule has 2 aliphatic heterocycles. The molecular weight excluding hydrogens is 724 g/mol. The normalized spacial score (nSPS) is 18.8. The molecule has 3 aliphatic rings. The van der Waals surface area contributed by atoms with E-state index in [1.807, 2.05) is 13.8 Å². The van der Waals surface area contributed by atoms with E-state index in [4.69, 9.17) is 28.4 Å². The first-order valence-corrected chi connectivity index (χ1v) is 18.5. The molecule has 0 radical (unpaired) electrons. The third-order valence-corrected chi connectivity index (χ3v) is 10.1. The molecule has 2 amide bonds. The maximum absolute atomic E-state index is 14.1. The van der Waals surface area contributed by atoms with Gasteiger partial charge in [0.2, 0.25) is 25.4 Å². The van der Waals surface area contributed by atoms with Crippen LogP contribution in [-0.4, -0.2) is 70.4 Å². The SMILES string of the molecule is CCCN(Cc1ccc(Oc2ccc3c(c2)OCO3)cc1)C(=O)[C@H]1[C@H](C(=O)O)[C@H](C(=O)N(CCC)Cc2ccc(Oc3ccc4c(c3)OCO4)cc2)[C@@H]1C(=O)O. The van der Waals surface area contributed by atoms with Gasteiger partial charge in [-0.3, -0.25) is 19.2 Å². The number of ether oxygens (including phenoxy) is 6. The second-order valence-corrected chi connectivity index (χ2v) is 13.8. The van der Waals surface area contributed by atoms with E-state index < -0.39 is 47.4 Å². The molecule has 14 nitrogen and oxygen atoms in total. The van der Waals surface area contributed by atoms with Crippen LogP contribution in [0.25, 0.3) is 0 Å². The van der Waals surface area contributed by atoms with Crippen molar-refractivity contribution < 1.29 is 57.8 Å². The summed E-state index contributed by atoms with van der Waals surface area (Å²) in [6, 6.07) is 24.6. The van der Waals surface area contributed by atoms with Crippen molar-refractivity contribution in [1.29, 1.82) is 0 Å². The third kappa shape index (κ3) is 7.99. The summed E-state index contributed by atoms with van der Waals surface area (Å²) >= 11 is 0. The Balaban J connectivity index is 1.03. The zero-order chi connectivity index (χ0) is 39.3. The van der Waals surface area contributed by atoms with E-state index in [2.05, 4.69) is 0 Å². The van der Waals surface area contributed by atoms with Gasteiger partial charge in [0.05, 0.1) is 23.7 Å². The lowest BCUT2D eigenvalue weighted by Crippen LogP contribution is -2.64. The minimum atomic E-state index is -1.51.